The Labute approximate surface area is 124 Å². The Bertz CT molecular complexity index is 385. The minimum atomic E-state index is -1.17. The molecular weight excluding hydrogens is 280 g/mol. The molecule has 0 bridgehead atoms. The number of hydrogen-bond donors (Lipinski definition) is 3. The third kappa shape index (κ3) is 5.54. The molecule has 0 heterocycles. The largest absolute Gasteiger partial charge is 0.478 e. The number of carboxylic acid groups (broad SMARTS) is 2. The third-order valence-corrected chi connectivity index (χ3v) is 4.04. The van der Waals surface area contributed by atoms with Gasteiger partial charge in [0.2, 0.25) is 0 Å². The van der Waals surface area contributed by atoms with E-state index in [2.05, 4.69) is 0 Å². The number of aliphatic hydroxyl groups excluding tert-OH is 1. The summed E-state index contributed by atoms with van der Waals surface area (Å²) in [4.78, 5) is 22.9. The van der Waals surface area contributed by atoms with E-state index in [0.717, 1.165) is 0 Å². The van der Waals surface area contributed by atoms with Gasteiger partial charge in [-0.1, -0.05) is 27.7 Å². The van der Waals surface area contributed by atoms with Gasteiger partial charge < -0.3 is 15.3 Å². The van der Waals surface area contributed by atoms with Crippen LogP contribution in [0.25, 0.3) is 0 Å². The molecule has 0 amide bonds. The van der Waals surface area contributed by atoms with Gasteiger partial charge in [-0.25, -0.2) is 9.59 Å². The summed E-state index contributed by atoms with van der Waals surface area (Å²) in [5.41, 5.74) is -0.786. The second kappa shape index (κ2) is 8.32. The molecular formula is C14H24O5S. The normalized spacial score (nSPS) is 13.3. The zero-order valence-corrected chi connectivity index (χ0v) is 13.3. The highest BCUT2D eigenvalue weighted by Gasteiger charge is 2.34. The van der Waals surface area contributed by atoms with Crippen LogP contribution in [0.5, 0.6) is 0 Å². The molecule has 0 aliphatic carbocycles. The van der Waals surface area contributed by atoms with Crippen LogP contribution in [0.4, 0.5) is 0 Å². The van der Waals surface area contributed by atoms with Crippen LogP contribution in [0.3, 0.4) is 0 Å². The Hall–Kier alpha value is -1.01. The Morgan fingerprint density at radius 2 is 1.65 bits per heavy atom. The lowest BCUT2D eigenvalue weighted by atomic mass is 9.77. The van der Waals surface area contributed by atoms with E-state index in [1.807, 2.05) is 0 Å². The summed E-state index contributed by atoms with van der Waals surface area (Å²) in [5.74, 6) is -1.43. The van der Waals surface area contributed by atoms with Gasteiger partial charge in [-0.15, -0.1) is 0 Å². The molecule has 116 valence electrons. The van der Waals surface area contributed by atoms with Crippen molar-refractivity contribution in [3.05, 3.63) is 11.1 Å². The Morgan fingerprint density at radius 3 is 2.00 bits per heavy atom. The fourth-order valence-corrected chi connectivity index (χ4v) is 3.02. The number of rotatable bonds is 9. The molecule has 20 heavy (non-hydrogen) atoms. The molecule has 0 radical (unpaired) electrons. The van der Waals surface area contributed by atoms with Crippen LogP contribution < -0.4 is 0 Å². The van der Waals surface area contributed by atoms with Crippen LogP contribution in [0, 0.1) is 11.3 Å². The quantitative estimate of drug-likeness (QED) is 0.447. The van der Waals surface area contributed by atoms with Crippen LogP contribution in [0.2, 0.25) is 0 Å². The zero-order valence-electron chi connectivity index (χ0n) is 12.5. The minimum Gasteiger partial charge on any atom is -0.478 e. The maximum atomic E-state index is 11.5. The summed E-state index contributed by atoms with van der Waals surface area (Å²) in [5, 5.41) is 27.4. The monoisotopic (exact) mass is 304 g/mol. The van der Waals surface area contributed by atoms with E-state index in [0.29, 0.717) is 17.9 Å². The maximum absolute atomic E-state index is 11.5. The molecule has 5 nitrogen and oxygen atoms in total. The predicted octanol–water partition coefficient (Wildman–Crippen LogP) is 2.25. The maximum Gasteiger partial charge on any atom is 0.332 e. The van der Waals surface area contributed by atoms with Crippen LogP contribution >= 0.6 is 11.8 Å². The molecule has 0 aliphatic rings. The highest BCUT2D eigenvalue weighted by Crippen LogP contribution is 2.36. The molecule has 0 fully saturated rings. The Kier molecular flexibility index (Phi) is 7.90. The van der Waals surface area contributed by atoms with Gasteiger partial charge in [0, 0.05) is 5.75 Å². The first-order valence-electron chi connectivity index (χ1n) is 6.55. The standard InChI is InChI=1S/C14H24O5S/c1-9(2)10(12(16)17)11(13(18)19)14(3,4)5-7-20-8-6-15/h9,15H,5-8H2,1-4H3,(H,16,17)(H,18,19)/b11-10-. The van der Waals surface area contributed by atoms with Gasteiger partial charge in [0.05, 0.1) is 17.8 Å². The van der Waals surface area contributed by atoms with Gasteiger partial charge in [-0.2, -0.15) is 11.8 Å². The number of hydrogen-bond acceptors (Lipinski definition) is 4. The molecule has 0 rings (SSSR count). The summed E-state index contributed by atoms with van der Waals surface area (Å²) in [7, 11) is 0. The summed E-state index contributed by atoms with van der Waals surface area (Å²) < 4.78 is 0. The first kappa shape index (κ1) is 19.0. The van der Waals surface area contributed by atoms with E-state index < -0.39 is 17.4 Å². The number of carbonyl (C=O) groups is 2. The van der Waals surface area contributed by atoms with Crippen LogP contribution in [-0.2, 0) is 9.59 Å². The molecule has 0 unspecified atom stereocenters. The second-order valence-electron chi connectivity index (χ2n) is 5.52. The van der Waals surface area contributed by atoms with E-state index in [1.54, 1.807) is 27.7 Å². The lowest BCUT2D eigenvalue weighted by Gasteiger charge is -2.28. The van der Waals surface area contributed by atoms with Crippen LogP contribution in [-0.4, -0.2) is 45.4 Å². The van der Waals surface area contributed by atoms with Gasteiger partial charge in [0.25, 0.3) is 0 Å². The average Bonchev–Trinajstić information content (AvgIpc) is 2.29. The Morgan fingerprint density at radius 1 is 1.10 bits per heavy atom. The number of carboxylic acids is 2. The smallest absolute Gasteiger partial charge is 0.332 e. The first-order chi connectivity index (χ1) is 9.15. The predicted molar refractivity (Wildman–Crippen MR) is 79.9 cm³/mol. The Balaban J connectivity index is 5.39. The molecule has 0 aromatic rings. The molecule has 0 aromatic heterocycles. The fourth-order valence-electron chi connectivity index (χ4n) is 2.03. The van der Waals surface area contributed by atoms with E-state index >= 15 is 0 Å². The average molecular weight is 304 g/mol. The van der Waals surface area contributed by atoms with Crippen LogP contribution in [0.1, 0.15) is 34.1 Å². The van der Waals surface area contributed by atoms with Crippen molar-refractivity contribution < 1.29 is 24.9 Å². The first-order valence-corrected chi connectivity index (χ1v) is 7.70. The van der Waals surface area contributed by atoms with Crippen molar-refractivity contribution in [1.82, 2.24) is 0 Å². The van der Waals surface area contributed by atoms with Gasteiger partial charge in [0.15, 0.2) is 0 Å². The zero-order chi connectivity index (χ0) is 15.9. The van der Waals surface area contributed by atoms with E-state index in [9.17, 15) is 19.8 Å². The van der Waals surface area contributed by atoms with E-state index in [-0.39, 0.29) is 23.7 Å². The molecule has 0 saturated carbocycles. The number of thioether (sulfide) groups is 1. The summed E-state index contributed by atoms with van der Waals surface area (Å²) in [6, 6.07) is 0. The highest BCUT2D eigenvalue weighted by molar-refractivity contribution is 7.99. The van der Waals surface area contributed by atoms with Crippen LogP contribution in [0.15, 0.2) is 11.1 Å². The van der Waals surface area contributed by atoms with Gasteiger partial charge in [0.1, 0.15) is 0 Å². The molecule has 3 N–H and O–H groups in total. The lowest BCUT2D eigenvalue weighted by molar-refractivity contribution is -0.137. The topological polar surface area (TPSA) is 94.8 Å². The second-order valence-corrected chi connectivity index (χ2v) is 6.75. The van der Waals surface area contributed by atoms with Crippen molar-refractivity contribution in [2.75, 3.05) is 18.1 Å². The van der Waals surface area contributed by atoms with Crippen molar-refractivity contribution in [1.29, 1.82) is 0 Å². The molecule has 0 aromatic carbocycles. The SMILES string of the molecule is CC(C)/C(C(=O)O)=C(\C(=O)O)C(C)(C)CCSCCO. The van der Waals surface area contributed by atoms with E-state index in [4.69, 9.17) is 5.11 Å². The van der Waals surface area contributed by atoms with Gasteiger partial charge >= 0.3 is 11.9 Å². The molecule has 0 saturated heterocycles. The lowest BCUT2D eigenvalue weighted by Crippen LogP contribution is -2.28. The summed E-state index contributed by atoms with van der Waals surface area (Å²) >= 11 is 1.52. The minimum absolute atomic E-state index is 0.0235. The molecule has 0 atom stereocenters. The third-order valence-electron chi connectivity index (χ3n) is 3.07. The van der Waals surface area contributed by atoms with E-state index in [1.165, 1.54) is 11.8 Å². The van der Waals surface area contributed by atoms with Gasteiger partial charge in [-0.05, 0) is 23.5 Å². The van der Waals surface area contributed by atoms with Crippen molar-refractivity contribution >= 4 is 23.7 Å². The van der Waals surface area contributed by atoms with Crippen molar-refractivity contribution in [2.45, 2.75) is 34.1 Å². The number of aliphatic hydroxyl groups is 1. The molecule has 6 heteroatoms. The summed E-state index contributed by atoms with van der Waals surface area (Å²) in [6.07, 6.45) is 0.544. The molecule has 0 spiro atoms. The molecule has 0 aliphatic heterocycles. The van der Waals surface area contributed by atoms with Gasteiger partial charge in [-0.3, -0.25) is 0 Å². The highest BCUT2D eigenvalue weighted by atomic mass is 32.2. The van der Waals surface area contributed by atoms with Crippen molar-refractivity contribution in [2.24, 2.45) is 11.3 Å². The van der Waals surface area contributed by atoms with Crippen molar-refractivity contribution in [3.63, 3.8) is 0 Å². The fraction of sp³-hybridized carbons (Fsp3) is 0.714. The van der Waals surface area contributed by atoms with Crippen molar-refractivity contribution in [3.8, 4) is 0 Å². The summed E-state index contributed by atoms with van der Waals surface area (Å²) in [6.45, 7) is 6.95. The number of aliphatic carboxylic acids is 2.